The Bertz CT molecular complexity index is 438. The van der Waals surface area contributed by atoms with Crippen LogP contribution in [-0.2, 0) is 0 Å². The highest BCUT2D eigenvalue weighted by molar-refractivity contribution is 5.26. The maximum absolute atomic E-state index is 13.0. The number of rotatable bonds is 4. The molecule has 3 heteroatoms. The van der Waals surface area contributed by atoms with Gasteiger partial charge in [-0.1, -0.05) is 39.8 Å². The molecule has 0 spiro atoms. The maximum atomic E-state index is 13.0. The van der Waals surface area contributed by atoms with Gasteiger partial charge in [-0.25, -0.2) is 4.39 Å². The van der Waals surface area contributed by atoms with Crippen LogP contribution in [0.4, 0.5) is 4.39 Å². The van der Waals surface area contributed by atoms with E-state index < -0.39 is 6.10 Å². The molecule has 1 saturated carbocycles. The summed E-state index contributed by atoms with van der Waals surface area (Å²) in [6.45, 7) is 9.09. The zero-order chi connectivity index (χ0) is 14.4. The van der Waals surface area contributed by atoms with Crippen molar-refractivity contribution in [1.82, 2.24) is 0 Å². The molecule has 0 saturated heterocycles. The average Bonchev–Trinajstić information content (AvgIpc) is 2.73. The molecule has 0 amide bonds. The van der Waals surface area contributed by atoms with Gasteiger partial charge < -0.3 is 10.8 Å². The molecule has 0 aliphatic heterocycles. The maximum Gasteiger partial charge on any atom is 0.123 e. The zero-order valence-corrected chi connectivity index (χ0v) is 12.2. The lowest BCUT2D eigenvalue weighted by Crippen LogP contribution is -2.29. The van der Waals surface area contributed by atoms with Crippen LogP contribution in [0.1, 0.15) is 39.2 Å². The minimum atomic E-state index is -0.486. The van der Waals surface area contributed by atoms with E-state index in [1.54, 1.807) is 12.1 Å². The lowest BCUT2D eigenvalue weighted by atomic mass is 9.88. The highest BCUT2D eigenvalue weighted by Gasteiger charge is 2.67. The predicted octanol–water partition coefficient (Wildman–Crippen LogP) is 2.91. The van der Waals surface area contributed by atoms with Gasteiger partial charge in [-0.3, -0.25) is 0 Å². The first-order valence-corrected chi connectivity index (χ1v) is 6.87. The highest BCUT2D eigenvalue weighted by Crippen LogP contribution is 2.70. The normalized spacial score (nSPS) is 23.9. The summed E-state index contributed by atoms with van der Waals surface area (Å²) >= 11 is 0. The van der Waals surface area contributed by atoms with Gasteiger partial charge >= 0.3 is 0 Å². The van der Waals surface area contributed by atoms with Gasteiger partial charge in [0.1, 0.15) is 5.82 Å². The van der Waals surface area contributed by atoms with Crippen molar-refractivity contribution >= 4 is 0 Å². The van der Waals surface area contributed by atoms with E-state index in [0.717, 1.165) is 5.56 Å². The quantitative estimate of drug-likeness (QED) is 0.879. The minimum absolute atomic E-state index is 0.111. The Hall–Kier alpha value is -0.930. The first-order valence-electron chi connectivity index (χ1n) is 6.87. The third-order valence-corrected chi connectivity index (χ3v) is 5.44. The van der Waals surface area contributed by atoms with Crippen molar-refractivity contribution in [3.8, 4) is 0 Å². The van der Waals surface area contributed by atoms with E-state index in [9.17, 15) is 9.50 Å². The molecule has 2 nitrogen and oxygen atoms in total. The van der Waals surface area contributed by atoms with Crippen LogP contribution < -0.4 is 5.73 Å². The molecule has 1 aromatic carbocycles. The fourth-order valence-electron chi connectivity index (χ4n) is 3.52. The second kappa shape index (κ2) is 4.57. The van der Waals surface area contributed by atoms with E-state index in [2.05, 4.69) is 27.7 Å². The summed E-state index contributed by atoms with van der Waals surface area (Å²) in [5.41, 5.74) is 6.97. The SMILES string of the molecule is CC1(C)C(C(O)C(CN)c2ccc(F)cc2)C1(C)C. The van der Waals surface area contributed by atoms with Crippen LogP contribution in [0.5, 0.6) is 0 Å². The van der Waals surface area contributed by atoms with Gasteiger partial charge in [0.25, 0.3) is 0 Å². The Morgan fingerprint density at radius 2 is 1.63 bits per heavy atom. The highest BCUT2D eigenvalue weighted by atomic mass is 19.1. The molecular weight excluding hydrogens is 241 g/mol. The number of hydrogen-bond acceptors (Lipinski definition) is 2. The Labute approximate surface area is 114 Å². The van der Waals surface area contributed by atoms with E-state index in [1.807, 2.05) is 0 Å². The van der Waals surface area contributed by atoms with Gasteiger partial charge in [-0.05, 0) is 34.4 Å². The molecule has 2 rings (SSSR count). The van der Waals surface area contributed by atoms with Crippen molar-refractivity contribution in [1.29, 1.82) is 0 Å². The molecular formula is C16H24FNO. The summed E-state index contributed by atoms with van der Waals surface area (Å²) in [5.74, 6) is -0.175. The second-order valence-corrected chi connectivity index (χ2v) is 6.81. The standard InChI is InChI=1S/C16H24FNO/c1-15(2)14(16(15,3)4)13(19)12(9-18)10-5-7-11(17)8-6-10/h5-8,12-14,19H,9,18H2,1-4H3. The molecule has 2 atom stereocenters. The van der Waals surface area contributed by atoms with E-state index in [0.29, 0.717) is 6.54 Å². The summed E-state index contributed by atoms with van der Waals surface area (Å²) in [5, 5.41) is 10.7. The monoisotopic (exact) mass is 265 g/mol. The van der Waals surface area contributed by atoms with Crippen LogP contribution in [0.2, 0.25) is 0 Å². The molecule has 1 aromatic rings. The van der Waals surface area contributed by atoms with Gasteiger partial charge in [0, 0.05) is 12.5 Å². The minimum Gasteiger partial charge on any atom is -0.392 e. The third kappa shape index (κ3) is 2.19. The van der Waals surface area contributed by atoms with Crippen molar-refractivity contribution in [2.24, 2.45) is 22.5 Å². The molecule has 0 heterocycles. The second-order valence-electron chi connectivity index (χ2n) is 6.81. The van der Waals surface area contributed by atoms with Crippen molar-refractivity contribution < 1.29 is 9.50 Å². The van der Waals surface area contributed by atoms with E-state index in [1.165, 1.54) is 12.1 Å². The summed E-state index contributed by atoms with van der Waals surface area (Å²) in [4.78, 5) is 0. The lowest BCUT2D eigenvalue weighted by molar-refractivity contribution is 0.102. The topological polar surface area (TPSA) is 46.2 Å². The van der Waals surface area contributed by atoms with Crippen LogP contribution in [0.3, 0.4) is 0 Å². The summed E-state index contributed by atoms with van der Waals surface area (Å²) < 4.78 is 13.0. The number of nitrogens with two attached hydrogens (primary N) is 1. The Morgan fingerprint density at radius 1 is 1.16 bits per heavy atom. The van der Waals surface area contributed by atoms with Crippen LogP contribution >= 0.6 is 0 Å². The number of hydrogen-bond donors (Lipinski definition) is 2. The van der Waals surface area contributed by atoms with Crippen molar-refractivity contribution in [3.05, 3.63) is 35.6 Å². The van der Waals surface area contributed by atoms with Crippen molar-refractivity contribution in [3.63, 3.8) is 0 Å². The van der Waals surface area contributed by atoms with Crippen LogP contribution in [-0.4, -0.2) is 17.8 Å². The number of benzene rings is 1. The first kappa shape index (κ1) is 14.5. The van der Waals surface area contributed by atoms with E-state index in [-0.39, 0.29) is 28.5 Å². The molecule has 19 heavy (non-hydrogen) atoms. The molecule has 0 aromatic heterocycles. The van der Waals surface area contributed by atoms with Crippen molar-refractivity contribution in [2.45, 2.75) is 39.7 Å². The Balaban J connectivity index is 2.22. The van der Waals surface area contributed by atoms with E-state index in [4.69, 9.17) is 5.73 Å². The molecule has 2 unspecified atom stereocenters. The predicted molar refractivity (Wildman–Crippen MR) is 75.3 cm³/mol. The fourth-order valence-corrected chi connectivity index (χ4v) is 3.52. The average molecular weight is 265 g/mol. The van der Waals surface area contributed by atoms with Gasteiger partial charge in [0.15, 0.2) is 0 Å². The Kier molecular flexibility index (Phi) is 3.48. The van der Waals surface area contributed by atoms with E-state index >= 15 is 0 Å². The van der Waals surface area contributed by atoms with Crippen LogP contribution in [0, 0.1) is 22.6 Å². The van der Waals surface area contributed by atoms with Gasteiger partial charge in [-0.15, -0.1) is 0 Å². The molecule has 1 aliphatic rings. The van der Waals surface area contributed by atoms with Gasteiger partial charge in [-0.2, -0.15) is 0 Å². The Morgan fingerprint density at radius 3 is 2.00 bits per heavy atom. The molecule has 0 radical (unpaired) electrons. The molecule has 106 valence electrons. The molecule has 3 N–H and O–H groups in total. The smallest absolute Gasteiger partial charge is 0.123 e. The van der Waals surface area contributed by atoms with Crippen LogP contribution in [0.25, 0.3) is 0 Å². The summed E-state index contributed by atoms with van der Waals surface area (Å²) in [7, 11) is 0. The number of aliphatic hydroxyl groups is 1. The number of aliphatic hydroxyl groups excluding tert-OH is 1. The van der Waals surface area contributed by atoms with Gasteiger partial charge in [0.2, 0.25) is 0 Å². The molecule has 1 aliphatic carbocycles. The lowest BCUT2D eigenvalue weighted by Gasteiger charge is -2.24. The molecule has 0 bridgehead atoms. The largest absolute Gasteiger partial charge is 0.392 e. The fraction of sp³-hybridized carbons (Fsp3) is 0.625. The number of halogens is 1. The molecule has 1 fully saturated rings. The zero-order valence-electron chi connectivity index (χ0n) is 12.2. The first-order chi connectivity index (χ1) is 8.73. The van der Waals surface area contributed by atoms with Gasteiger partial charge in [0.05, 0.1) is 6.10 Å². The van der Waals surface area contributed by atoms with Crippen LogP contribution in [0.15, 0.2) is 24.3 Å². The third-order valence-electron chi connectivity index (χ3n) is 5.44. The van der Waals surface area contributed by atoms with Crippen molar-refractivity contribution in [2.75, 3.05) is 6.54 Å². The summed E-state index contributed by atoms with van der Waals surface area (Å²) in [6.07, 6.45) is -0.486. The summed E-state index contributed by atoms with van der Waals surface area (Å²) in [6, 6.07) is 6.29.